The van der Waals surface area contributed by atoms with E-state index in [9.17, 15) is 18.0 Å². The van der Waals surface area contributed by atoms with Gasteiger partial charge in [-0.3, -0.25) is 9.36 Å². The Balaban J connectivity index is 1.74. The van der Waals surface area contributed by atoms with Crippen LogP contribution in [-0.4, -0.2) is 19.2 Å². The van der Waals surface area contributed by atoms with Crippen molar-refractivity contribution in [3.8, 4) is 5.69 Å². The van der Waals surface area contributed by atoms with E-state index < -0.39 is 23.3 Å². The van der Waals surface area contributed by atoms with Crippen LogP contribution >= 0.6 is 0 Å². The van der Waals surface area contributed by atoms with Crippen molar-refractivity contribution in [1.82, 2.24) is 19.2 Å². The van der Waals surface area contributed by atoms with Gasteiger partial charge in [-0.15, -0.1) is 0 Å². The lowest BCUT2D eigenvalue weighted by Crippen LogP contribution is -2.27. The highest BCUT2D eigenvalue weighted by Gasteiger charge is 2.34. The van der Waals surface area contributed by atoms with Gasteiger partial charge in [0, 0.05) is 23.6 Å². The minimum atomic E-state index is -4.65. The molecule has 1 atom stereocenters. The highest BCUT2D eigenvalue weighted by Crippen LogP contribution is 2.34. The quantitative estimate of drug-likeness (QED) is 0.408. The maximum atomic E-state index is 13.7. The number of para-hydroxylation sites is 1. The molecule has 0 saturated heterocycles. The van der Waals surface area contributed by atoms with E-state index in [1.165, 1.54) is 16.7 Å². The van der Waals surface area contributed by atoms with Crippen molar-refractivity contribution in [2.45, 2.75) is 19.1 Å². The lowest BCUT2D eigenvalue weighted by Gasteiger charge is -2.22. The van der Waals surface area contributed by atoms with E-state index in [0.29, 0.717) is 22.8 Å². The molecule has 0 fully saturated rings. The van der Waals surface area contributed by atoms with Gasteiger partial charge < -0.3 is 5.32 Å². The number of benzene rings is 2. The van der Waals surface area contributed by atoms with Crippen LogP contribution < -0.4 is 10.9 Å². The van der Waals surface area contributed by atoms with Crippen molar-refractivity contribution in [3.05, 3.63) is 101 Å². The van der Waals surface area contributed by atoms with E-state index in [4.69, 9.17) is 0 Å². The number of alkyl halides is 3. The lowest BCUT2D eigenvalue weighted by molar-refractivity contribution is -0.136. The fourth-order valence-corrected chi connectivity index (χ4v) is 4.02. The summed E-state index contributed by atoms with van der Waals surface area (Å²) in [6.45, 7) is 1.84. The van der Waals surface area contributed by atoms with E-state index in [-0.39, 0.29) is 10.8 Å². The molecule has 0 aliphatic rings. The predicted molar refractivity (Wildman–Crippen MR) is 120 cm³/mol. The summed E-state index contributed by atoms with van der Waals surface area (Å²) in [4.78, 5) is 17.8. The topological polar surface area (TPSA) is 64.2 Å². The zero-order valence-electron chi connectivity index (χ0n) is 17.4. The fraction of sp³-hybridized carbons (Fsp3) is 0.125. The number of halogens is 3. The van der Waals surface area contributed by atoms with E-state index in [1.54, 1.807) is 65.4 Å². The molecule has 0 amide bonds. The smallest absolute Gasteiger partial charge is 0.362 e. The predicted octanol–water partition coefficient (Wildman–Crippen LogP) is 5.23. The van der Waals surface area contributed by atoms with Gasteiger partial charge in [0.1, 0.15) is 5.82 Å². The van der Waals surface area contributed by atoms with Crippen molar-refractivity contribution in [2.24, 2.45) is 0 Å². The molecular weight excluding hydrogens is 431 g/mol. The van der Waals surface area contributed by atoms with Crippen LogP contribution in [0.3, 0.4) is 0 Å². The number of anilines is 1. The van der Waals surface area contributed by atoms with E-state index in [2.05, 4.69) is 15.4 Å². The molecule has 0 unspecified atom stereocenters. The molecule has 0 spiro atoms. The third-order valence-corrected chi connectivity index (χ3v) is 5.49. The average Bonchev–Trinajstić information content (AvgIpc) is 3.28. The SMILES string of the molecule is C[C@H](Nc1ccnc2ccnn12)c1cc2cccc(C(F)(F)F)c2c(=O)n1-c1ccccc1. The monoisotopic (exact) mass is 449 g/mol. The summed E-state index contributed by atoms with van der Waals surface area (Å²) < 4.78 is 44.1. The third-order valence-electron chi connectivity index (χ3n) is 5.49. The maximum absolute atomic E-state index is 13.7. The van der Waals surface area contributed by atoms with Crippen LogP contribution in [0.4, 0.5) is 19.0 Å². The average molecular weight is 449 g/mol. The van der Waals surface area contributed by atoms with Crippen LogP contribution in [0, 0.1) is 0 Å². The molecule has 2 aromatic carbocycles. The Hall–Kier alpha value is -4.14. The Morgan fingerprint density at radius 2 is 1.76 bits per heavy atom. The van der Waals surface area contributed by atoms with E-state index >= 15 is 0 Å². The van der Waals surface area contributed by atoms with Gasteiger partial charge in [0.05, 0.1) is 23.2 Å². The first kappa shape index (κ1) is 20.7. The highest BCUT2D eigenvalue weighted by molar-refractivity contribution is 5.86. The largest absolute Gasteiger partial charge is 0.417 e. The summed E-state index contributed by atoms with van der Waals surface area (Å²) in [5.74, 6) is 0.633. The number of fused-ring (bicyclic) bond motifs is 2. The summed E-state index contributed by atoms with van der Waals surface area (Å²) >= 11 is 0. The van der Waals surface area contributed by atoms with Gasteiger partial charge in [-0.2, -0.15) is 22.8 Å². The van der Waals surface area contributed by atoms with Crippen molar-refractivity contribution < 1.29 is 13.2 Å². The summed E-state index contributed by atoms with van der Waals surface area (Å²) in [6, 6.07) is 17.1. The molecule has 9 heteroatoms. The highest BCUT2D eigenvalue weighted by atomic mass is 19.4. The second-order valence-electron chi connectivity index (χ2n) is 7.61. The van der Waals surface area contributed by atoms with Crippen LogP contribution in [-0.2, 0) is 6.18 Å². The van der Waals surface area contributed by atoms with Gasteiger partial charge in [-0.05, 0) is 42.6 Å². The summed E-state index contributed by atoms with van der Waals surface area (Å²) in [6.07, 6.45) is -1.40. The van der Waals surface area contributed by atoms with Gasteiger partial charge in [-0.1, -0.05) is 30.3 Å². The Bertz CT molecular complexity index is 1520. The molecule has 0 aliphatic carbocycles. The minimum absolute atomic E-state index is 0.227. The Labute approximate surface area is 185 Å². The van der Waals surface area contributed by atoms with Gasteiger partial charge in [-0.25, -0.2) is 4.98 Å². The van der Waals surface area contributed by atoms with E-state index in [1.807, 2.05) is 6.92 Å². The number of hydrogen-bond acceptors (Lipinski definition) is 4. The summed E-state index contributed by atoms with van der Waals surface area (Å²) in [7, 11) is 0. The molecular formula is C24H18F3N5O. The molecule has 0 bridgehead atoms. The Morgan fingerprint density at radius 1 is 0.970 bits per heavy atom. The standard InChI is InChI=1S/C24H18F3N5O/c1-15(30-21-10-12-28-20-11-13-29-32(20)21)19-14-16-6-5-9-18(24(25,26)27)22(16)23(33)31(19)17-7-3-2-4-8-17/h2-15,30H,1H3/t15-/m0/s1. The van der Waals surface area contributed by atoms with Gasteiger partial charge in [0.2, 0.25) is 0 Å². The fourth-order valence-electron chi connectivity index (χ4n) is 4.02. The number of nitrogens with zero attached hydrogens (tertiary/aromatic N) is 4. The lowest BCUT2D eigenvalue weighted by atomic mass is 10.0. The van der Waals surface area contributed by atoms with Crippen LogP contribution in [0.2, 0.25) is 0 Å². The van der Waals surface area contributed by atoms with Crippen molar-refractivity contribution in [3.63, 3.8) is 0 Å². The molecule has 0 radical (unpaired) electrons. The Kier molecular flexibility index (Phi) is 4.88. The number of aromatic nitrogens is 4. The summed E-state index contributed by atoms with van der Waals surface area (Å²) in [5.41, 5.74) is -0.0522. The number of pyridine rings is 1. The first-order valence-electron chi connectivity index (χ1n) is 10.2. The normalized spacial score (nSPS) is 12.8. The molecule has 5 rings (SSSR count). The maximum Gasteiger partial charge on any atom is 0.417 e. The molecule has 1 N–H and O–H groups in total. The van der Waals surface area contributed by atoms with Crippen molar-refractivity contribution >= 4 is 22.2 Å². The van der Waals surface area contributed by atoms with Crippen LogP contribution in [0.15, 0.2) is 83.9 Å². The molecule has 33 heavy (non-hydrogen) atoms. The van der Waals surface area contributed by atoms with Crippen molar-refractivity contribution in [2.75, 3.05) is 5.32 Å². The second kappa shape index (κ2) is 7.77. The zero-order valence-corrected chi connectivity index (χ0v) is 17.4. The Morgan fingerprint density at radius 3 is 2.52 bits per heavy atom. The van der Waals surface area contributed by atoms with Gasteiger partial charge in [0.25, 0.3) is 5.56 Å². The van der Waals surface area contributed by atoms with Crippen LogP contribution in [0.25, 0.3) is 22.1 Å². The molecule has 0 aliphatic heterocycles. The molecule has 6 nitrogen and oxygen atoms in total. The minimum Gasteiger partial charge on any atom is -0.362 e. The number of rotatable bonds is 4. The summed E-state index contributed by atoms with van der Waals surface area (Å²) in [5, 5.41) is 7.43. The number of nitrogens with one attached hydrogen (secondary N) is 1. The van der Waals surface area contributed by atoms with Crippen LogP contribution in [0.1, 0.15) is 24.2 Å². The molecule has 0 saturated carbocycles. The van der Waals surface area contributed by atoms with E-state index in [0.717, 1.165) is 6.07 Å². The zero-order chi connectivity index (χ0) is 23.2. The number of hydrogen-bond donors (Lipinski definition) is 1. The first-order valence-corrected chi connectivity index (χ1v) is 10.2. The molecule has 166 valence electrons. The van der Waals surface area contributed by atoms with Gasteiger partial charge in [0.15, 0.2) is 5.65 Å². The first-order chi connectivity index (χ1) is 15.8. The molecule has 3 aromatic heterocycles. The molecule has 3 heterocycles. The van der Waals surface area contributed by atoms with Crippen LogP contribution in [0.5, 0.6) is 0 Å². The molecule has 5 aromatic rings. The second-order valence-corrected chi connectivity index (χ2v) is 7.61. The van der Waals surface area contributed by atoms with Gasteiger partial charge >= 0.3 is 6.18 Å². The third kappa shape index (κ3) is 3.61. The van der Waals surface area contributed by atoms with Crippen molar-refractivity contribution in [1.29, 1.82) is 0 Å².